The Morgan fingerprint density at radius 3 is 1.06 bits per heavy atom. The molecule has 0 bridgehead atoms. The van der Waals surface area contributed by atoms with Gasteiger partial charge in [0.25, 0.3) is 6.29 Å². The molecule has 0 saturated carbocycles. The lowest BCUT2D eigenvalue weighted by Crippen LogP contribution is -2.40. The van der Waals surface area contributed by atoms with Crippen LogP contribution in [0.15, 0.2) is 122 Å². The SMILES string of the molecule is CC/C=C\C/C=C\C/C=C\C/C=C\C/C=C\C/C=C\C/C=C\C/C=C\CCCCCCCCCCCCCCCCCCC(=O)OC(COC(=O)CCCCCCC/C=C\C/C=C\CCCC)COC(OCC[N+](C)(C)C)C(=O)O. The van der Waals surface area contributed by atoms with Crippen LogP contribution < -0.4 is 0 Å². The average Bonchev–Trinajstić information content (AvgIpc) is 3.43. The van der Waals surface area contributed by atoms with E-state index in [9.17, 15) is 19.5 Å². The molecule has 9 heteroatoms. The van der Waals surface area contributed by atoms with Gasteiger partial charge in [0, 0.05) is 12.8 Å². The summed E-state index contributed by atoms with van der Waals surface area (Å²) < 4.78 is 22.9. The van der Waals surface area contributed by atoms with Crippen molar-refractivity contribution in [2.24, 2.45) is 0 Å². The van der Waals surface area contributed by atoms with Crippen molar-refractivity contribution in [2.45, 2.75) is 264 Å². The minimum absolute atomic E-state index is 0.182. The van der Waals surface area contributed by atoms with Crippen molar-refractivity contribution < 1.29 is 42.9 Å². The Labute approximate surface area is 491 Å². The van der Waals surface area contributed by atoms with Crippen LogP contribution >= 0.6 is 0 Å². The number of carboxylic acid groups (broad SMARTS) is 1. The van der Waals surface area contributed by atoms with Crippen LogP contribution in [0, 0.1) is 0 Å². The Morgan fingerprint density at radius 2 is 0.713 bits per heavy atom. The zero-order chi connectivity index (χ0) is 58.3. The fraction of sp³-hybridized carbons (Fsp3) is 0.676. The molecule has 0 rings (SSSR count). The van der Waals surface area contributed by atoms with Gasteiger partial charge in [-0.25, -0.2) is 4.79 Å². The summed E-state index contributed by atoms with van der Waals surface area (Å²) in [5.41, 5.74) is 0. The van der Waals surface area contributed by atoms with Gasteiger partial charge in [0.2, 0.25) is 0 Å². The highest BCUT2D eigenvalue weighted by atomic mass is 16.7. The van der Waals surface area contributed by atoms with E-state index in [2.05, 4.69) is 135 Å². The number of nitrogens with zero attached hydrogens (tertiary/aromatic N) is 1. The van der Waals surface area contributed by atoms with Gasteiger partial charge in [-0.3, -0.25) is 9.59 Å². The summed E-state index contributed by atoms with van der Waals surface area (Å²) >= 11 is 0. The van der Waals surface area contributed by atoms with Gasteiger partial charge in [0.1, 0.15) is 13.2 Å². The average molecular weight is 1120 g/mol. The van der Waals surface area contributed by atoms with E-state index in [-0.39, 0.29) is 38.6 Å². The summed E-state index contributed by atoms with van der Waals surface area (Å²) in [6.45, 7) is 4.70. The van der Waals surface area contributed by atoms with E-state index in [0.717, 1.165) is 116 Å². The molecule has 0 aliphatic heterocycles. The Bertz CT molecular complexity index is 1730. The van der Waals surface area contributed by atoms with E-state index < -0.39 is 24.3 Å². The summed E-state index contributed by atoms with van der Waals surface area (Å²) in [7, 11) is 5.96. The number of carboxylic acids is 1. The third-order valence-corrected chi connectivity index (χ3v) is 13.5. The first-order chi connectivity index (χ1) is 39.1. The lowest BCUT2D eigenvalue weighted by molar-refractivity contribution is -0.870. The number of rotatable bonds is 58. The first kappa shape index (κ1) is 75.7. The monoisotopic (exact) mass is 1110 g/mol. The summed E-state index contributed by atoms with van der Waals surface area (Å²) in [5.74, 6) is -2.03. The fourth-order valence-corrected chi connectivity index (χ4v) is 8.52. The zero-order valence-electron chi connectivity index (χ0n) is 51.9. The molecule has 0 spiro atoms. The predicted octanol–water partition coefficient (Wildman–Crippen LogP) is 19.6. The molecule has 0 aromatic carbocycles. The molecule has 0 aliphatic carbocycles. The maximum absolute atomic E-state index is 12.9. The number of unbranched alkanes of at least 4 members (excludes halogenated alkanes) is 23. The van der Waals surface area contributed by atoms with E-state index in [0.29, 0.717) is 17.4 Å². The largest absolute Gasteiger partial charge is 0.477 e. The highest BCUT2D eigenvalue weighted by molar-refractivity contribution is 5.71. The van der Waals surface area contributed by atoms with Gasteiger partial charge < -0.3 is 28.5 Å². The third-order valence-electron chi connectivity index (χ3n) is 13.5. The second-order valence-electron chi connectivity index (χ2n) is 22.3. The highest BCUT2D eigenvalue weighted by Gasteiger charge is 2.25. The first-order valence-corrected chi connectivity index (χ1v) is 32.2. The number of carbonyl (C=O) groups excluding carboxylic acids is 2. The van der Waals surface area contributed by atoms with Crippen LogP contribution in [0.3, 0.4) is 0 Å². The Hall–Kier alpha value is -4.31. The molecule has 80 heavy (non-hydrogen) atoms. The summed E-state index contributed by atoms with van der Waals surface area (Å²) in [6.07, 6.45) is 83.1. The molecule has 1 N–H and O–H groups in total. The summed E-state index contributed by atoms with van der Waals surface area (Å²) in [5, 5.41) is 9.70. The molecule has 0 fully saturated rings. The minimum Gasteiger partial charge on any atom is -0.477 e. The zero-order valence-corrected chi connectivity index (χ0v) is 51.9. The van der Waals surface area contributed by atoms with Gasteiger partial charge in [0.05, 0.1) is 34.4 Å². The van der Waals surface area contributed by atoms with Crippen molar-refractivity contribution in [3.63, 3.8) is 0 Å². The van der Waals surface area contributed by atoms with Crippen LogP contribution in [0.5, 0.6) is 0 Å². The Balaban J connectivity index is 4.04. The van der Waals surface area contributed by atoms with Gasteiger partial charge >= 0.3 is 17.9 Å². The molecular weight excluding hydrogens is 995 g/mol. The van der Waals surface area contributed by atoms with E-state index in [4.69, 9.17) is 18.9 Å². The van der Waals surface area contributed by atoms with E-state index >= 15 is 0 Å². The Kier molecular flexibility index (Phi) is 57.5. The first-order valence-electron chi connectivity index (χ1n) is 32.2. The molecule has 456 valence electrons. The van der Waals surface area contributed by atoms with Gasteiger partial charge in [0.15, 0.2) is 6.10 Å². The summed E-state index contributed by atoms with van der Waals surface area (Å²) in [4.78, 5) is 37.4. The van der Waals surface area contributed by atoms with Crippen molar-refractivity contribution in [3.8, 4) is 0 Å². The van der Waals surface area contributed by atoms with Crippen LogP contribution in [0.2, 0.25) is 0 Å². The van der Waals surface area contributed by atoms with Gasteiger partial charge in [-0.2, -0.15) is 0 Å². The number of quaternary nitrogens is 1. The minimum atomic E-state index is -1.52. The predicted molar refractivity (Wildman–Crippen MR) is 341 cm³/mol. The van der Waals surface area contributed by atoms with Gasteiger partial charge in [-0.1, -0.05) is 257 Å². The molecule has 0 heterocycles. The van der Waals surface area contributed by atoms with Crippen molar-refractivity contribution in [3.05, 3.63) is 122 Å². The second kappa shape index (κ2) is 60.8. The third kappa shape index (κ3) is 61.3. The number of allylic oxidation sites excluding steroid dienone is 20. The molecule has 0 radical (unpaired) electrons. The number of hydrogen-bond acceptors (Lipinski definition) is 7. The number of aliphatic carboxylic acids is 1. The molecule has 9 nitrogen and oxygen atoms in total. The molecule has 0 saturated heterocycles. The smallest absolute Gasteiger partial charge is 0.361 e. The Morgan fingerprint density at radius 1 is 0.388 bits per heavy atom. The molecule has 2 unspecified atom stereocenters. The van der Waals surface area contributed by atoms with Crippen LogP contribution in [0.1, 0.15) is 251 Å². The standard InChI is InChI=1S/C71H119NO8/c1-6-8-10-12-14-16-18-20-22-23-24-25-26-27-28-29-30-31-32-33-34-35-36-37-38-39-40-41-42-43-44-45-46-47-48-50-52-54-56-58-60-62-69(74)80-67(66-79-71(70(75)76)77-64-63-72(3,4)5)65-78-68(73)61-59-57-55-53-51-49-21-19-17-15-13-11-9-7-2/h8,10,13-16,19-22,24-25,27-28,30-31,33-34,36-37,67,71H,6-7,9,11-12,17-18,23,26,29,32,35,38-66H2,1-5H3/p+1/b10-8-,15-13-,16-14-,21-19-,22-20-,25-24-,28-27-,31-30-,34-33-,37-36-. The quantitative estimate of drug-likeness (QED) is 0.0211. The lowest BCUT2D eigenvalue weighted by Gasteiger charge is -2.25. The van der Waals surface area contributed by atoms with Crippen LogP contribution in [-0.4, -0.2) is 87.4 Å². The number of hydrogen-bond donors (Lipinski definition) is 1. The number of likely N-dealkylation sites (N-methyl/N-ethyl adjacent to an activating group) is 1. The molecular formula is C71H120NO8+. The lowest BCUT2D eigenvalue weighted by atomic mass is 10.0. The van der Waals surface area contributed by atoms with Crippen LogP contribution in [0.4, 0.5) is 0 Å². The van der Waals surface area contributed by atoms with Crippen molar-refractivity contribution in [1.29, 1.82) is 0 Å². The number of carbonyl (C=O) groups is 3. The number of esters is 2. The highest BCUT2D eigenvalue weighted by Crippen LogP contribution is 2.16. The second-order valence-corrected chi connectivity index (χ2v) is 22.3. The molecule has 0 aromatic heterocycles. The van der Waals surface area contributed by atoms with Crippen molar-refractivity contribution in [1.82, 2.24) is 0 Å². The topological polar surface area (TPSA) is 108 Å². The van der Waals surface area contributed by atoms with Crippen LogP contribution in [0.25, 0.3) is 0 Å². The molecule has 0 aromatic rings. The fourth-order valence-electron chi connectivity index (χ4n) is 8.52. The van der Waals surface area contributed by atoms with Crippen molar-refractivity contribution >= 4 is 17.9 Å². The molecule has 0 amide bonds. The molecule has 2 atom stereocenters. The normalized spacial score (nSPS) is 13.6. The molecule has 0 aliphatic rings. The maximum Gasteiger partial charge on any atom is 0.361 e. The van der Waals surface area contributed by atoms with Gasteiger partial charge in [-0.15, -0.1) is 0 Å². The van der Waals surface area contributed by atoms with E-state index in [1.807, 2.05) is 21.1 Å². The van der Waals surface area contributed by atoms with Gasteiger partial charge in [-0.05, 0) is 103 Å². The number of ether oxygens (including phenoxy) is 4. The van der Waals surface area contributed by atoms with Crippen molar-refractivity contribution in [2.75, 3.05) is 47.5 Å². The summed E-state index contributed by atoms with van der Waals surface area (Å²) in [6, 6.07) is 0. The van der Waals surface area contributed by atoms with E-state index in [1.165, 1.54) is 103 Å². The van der Waals surface area contributed by atoms with E-state index in [1.54, 1.807) is 0 Å². The maximum atomic E-state index is 12.9. The van der Waals surface area contributed by atoms with Crippen LogP contribution in [-0.2, 0) is 33.3 Å².